The lowest BCUT2D eigenvalue weighted by atomic mass is 9.73. The molecule has 1 aliphatic carbocycles. The summed E-state index contributed by atoms with van der Waals surface area (Å²) in [5.74, 6) is 0. The van der Waals surface area contributed by atoms with E-state index in [-0.39, 0.29) is 17.9 Å². The zero-order chi connectivity index (χ0) is 12.0. The van der Waals surface area contributed by atoms with Crippen LogP contribution in [0, 0.1) is 0 Å². The van der Waals surface area contributed by atoms with Crippen molar-refractivity contribution >= 4 is 12.4 Å². The smallest absolute Gasteiger partial charge is 0.0699 e. The largest absolute Gasteiger partial charge is 0.300 e. The molecule has 0 saturated carbocycles. The summed E-state index contributed by atoms with van der Waals surface area (Å²) < 4.78 is 0. The third kappa shape index (κ3) is 1.73. The molecule has 1 spiro atoms. The van der Waals surface area contributed by atoms with Gasteiger partial charge in [-0.2, -0.15) is 0 Å². The van der Waals surface area contributed by atoms with Gasteiger partial charge in [0.1, 0.15) is 0 Å². The van der Waals surface area contributed by atoms with Gasteiger partial charge in [-0.05, 0) is 41.5 Å². The second kappa shape index (κ2) is 4.66. The van der Waals surface area contributed by atoms with E-state index >= 15 is 0 Å². The van der Waals surface area contributed by atoms with E-state index in [4.69, 9.17) is 0 Å². The van der Waals surface area contributed by atoms with Gasteiger partial charge in [-0.25, -0.2) is 0 Å². The molecule has 2 heteroatoms. The molecule has 98 valence electrons. The van der Waals surface area contributed by atoms with Crippen molar-refractivity contribution in [2.45, 2.75) is 31.3 Å². The molecule has 19 heavy (non-hydrogen) atoms. The van der Waals surface area contributed by atoms with E-state index in [1.54, 1.807) is 0 Å². The van der Waals surface area contributed by atoms with Gasteiger partial charge >= 0.3 is 0 Å². The maximum Gasteiger partial charge on any atom is 0.0699 e. The van der Waals surface area contributed by atoms with Crippen LogP contribution in [0.2, 0.25) is 0 Å². The Morgan fingerprint density at radius 2 is 1.47 bits per heavy atom. The summed E-state index contributed by atoms with van der Waals surface area (Å²) in [6.45, 7) is 1.00. The Morgan fingerprint density at radius 3 is 2.26 bits per heavy atom. The van der Waals surface area contributed by atoms with Crippen molar-refractivity contribution in [2.75, 3.05) is 0 Å². The van der Waals surface area contributed by atoms with E-state index in [9.17, 15) is 0 Å². The number of benzene rings is 2. The summed E-state index contributed by atoms with van der Waals surface area (Å²) in [5.41, 5.74) is 6.08. The molecule has 0 bridgehead atoms. The van der Waals surface area contributed by atoms with Crippen LogP contribution in [-0.2, 0) is 18.5 Å². The summed E-state index contributed by atoms with van der Waals surface area (Å²) in [6.07, 6.45) is 3.72. The third-order valence-corrected chi connectivity index (χ3v) is 4.53. The molecule has 0 saturated heterocycles. The number of halogens is 1. The first-order chi connectivity index (χ1) is 8.90. The summed E-state index contributed by atoms with van der Waals surface area (Å²) >= 11 is 0. The van der Waals surface area contributed by atoms with Gasteiger partial charge in [-0.3, -0.25) is 5.32 Å². The van der Waals surface area contributed by atoms with Gasteiger partial charge in [0.05, 0.1) is 5.54 Å². The van der Waals surface area contributed by atoms with Crippen LogP contribution in [0.1, 0.15) is 35.1 Å². The Kier molecular flexibility index (Phi) is 3.12. The van der Waals surface area contributed by atoms with Crippen molar-refractivity contribution in [2.24, 2.45) is 0 Å². The third-order valence-electron chi connectivity index (χ3n) is 4.53. The van der Waals surface area contributed by atoms with E-state index in [0.717, 1.165) is 6.54 Å². The fourth-order valence-corrected chi connectivity index (χ4v) is 3.73. The highest BCUT2D eigenvalue weighted by Crippen LogP contribution is 2.44. The SMILES string of the molecule is Cl.c1ccc2c(c1)CCCC21NCc2ccccc21. The lowest BCUT2D eigenvalue weighted by Gasteiger charge is -2.37. The summed E-state index contributed by atoms with van der Waals surface area (Å²) in [7, 11) is 0. The molecule has 0 fully saturated rings. The number of hydrogen-bond donors (Lipinski definition) is 1. The summed E-state index contributed by atoms with van der Waals surface area (Å²) in [5, 5.41) is 3.79. The van der Waals surface area contributed by atoms with Gasteiger partial charge in [0.2, 0.25) is 0 Å². The molecule has 2 aromatic carbocycles. The highest BCUT2D eigenvalue weighted by atomic mass is 35.5. The minimum atomic E-state index is 0. The molecule has 2 aromatic rings. The van der Waals surface area contributed by atoms with E-state index in [0.29, 0.717) is 0 Å². The van der Waals surface area contributed by atoms with Crippen LogP contribution >= 0.6 is 12.4 Å². The van der Waals surface area contributed by atoms with Gasteiger partial charge in [-0.1, -0.05) is 48.5 Å². The molecule has 1 N–H and O–H groups in total. The molecule has 0 aromatic heterocycles. The molecule has 1 unspecified atom stereocenters. The number of aryl methyl sites for hydroxylation is 1. The van der Waals surface area contributed by atoms with Gasteiger partial charge in [0.15, 0.2) is 0 Å². The molecule has 2 aliphatic rings. The predicted molar refractivity (Wildman–Crippen MR) is 80.7 cm³/mol. The van der Waals surface area contributed by atoms with E-state index in [2.05, 4.69) is 53.8 Å². The van der Waals surface area contributed by atoms with E-state index < -0.39 is 0 Å². The Bertz CT molecular complexity index is 608. The first kappa shape index (κ1) is 12.7. The van der Waals surface area contributed by atoms with Crippen molar-refractivity contribution in [1.29, 1.82) is 0 Å². The molecule has 1 nitrogen and oxygen atoms in total. The molecule has 4 rings (SSSR count). The zero-order valence-corrected chi connectivity index (χ0v) is 11.7. The molecule has 1 aliphatic heterocycles. The fraction of sp³-hybridized carbons (Fsp3) is 0.294. The number of rotatable bonds is 0. The van der Waals surface area contributed by atoms with Crippen LogP contribution in [-0.4, -0.2) is 0 Å². The van der Waals surface area contributed by atoms with Crippen LogP contribution in [0.4, 0.5) is 0 Å². The maximum absolute atomic E-state index is 3.79. The van der Waals surface area contributed by atoms with Crippen LogP contribution in [0.15, 0.2) is 48.5 Å². The highest BCUT2D eigenvalue weighted by Gasteiger charge is 2.42. The first-order valence-electron chi connectivity index (χ1n) is 6.82. The predicted octanol–water partition coefficient (Wildman–Crippen LogP) is 3.79. The Morgan fingerprint density at radius 1 is 0.842 bits per heavy atom. The molecule has 0 amide bonds. The van der Waals surface area contributed by atoms with Crippen LogP contribution in [0.5, 0.6) is 0 Å². The molecular formula is C17H18ClN. The average molecular weight is 272 g/mol. The Balaban J connectivity index is 0.00000110. The monoisotopic (exact) mass is 271 g/mol. The molecule has 1 atom stereocenters. The number of fused-ring (bicyclic) bond motifs is 4. The van der Waals surface area contributed by atoms with Crippen molar-refractivity contribution < 1.29 is 0 Å². The van der Waals surface area contributed by atoms with E-state index in [1.807, 2.05) is 0 Å². The van der Waals surface area contributed by atoms with Crippen molar-refractivity contribution in [3.63, 3.8) is 0 Å². The fourth-order valence-electron chi connectivity index (χ4n) is 3.73. The van der Waals surface area contributed by atoms with Crippen LogP contribution in [0.3, 0.4) is 0 Å². The second-order valence-corrected chi connectivity index (χ2v) is 5.43. The minimum Gasteiger partial charge on any atom is -0.300 e. The summed E-state index contributed by atoms with van der Waals surface area (Å²) in [4.78, 5) is 0. The average Bonchev–Trinajstić information content (AvgIpc) is 2.80. The van der Waals surface area contributed by atoms with Gasteiger partial charge in [-0.15, -0.1) is 12.4 Å². The Labute approximate surface area is 120 Å². The normalized spacial score (nSPS) is 23.6. The number of nitrogens with one attached hydrogen (secondary N) is 1. The Hall–Kier alpha value is -1.31. The van der Waals surface area contributed by atoms with Crippen molar-refractivity contribution in [3.05, 3.63) is 70.8 Å². The van der Waals surface area contributed by atoms with Crippen LogP contribution < -0.4 is 5.32 Å². The number of hydrogen-bond acceptors (Lipinski definition) is 1. The second-order valence-electron chi connectivity index (χ2n) is 5.43. The topological polar surface area (TPSA) is 12.0 Å². The lowest BCUT2D eigenvalue weighted by molar-refractivity contribution is 0.371. The van der Waals surface area contributed by atoms with Crippen molar-refractivity contribution in [1.82, 2.24) is 5.32 Å². The quantitative estimate of drug-likeness (QED) is 0.769. The van der Waals surface area contributed by atoms with Gasteiger partial charge in [0.25, 0.3) is 0 Å². The first-order valence-corrected chi connectivity index (χ1v) is 6.82. The summed E-state index contributed by atoms with van der Waals surface area (Å²) in [6, 6.07) is 17.8. The van der Waals surface area contributed by atoms with Gasteiger partial charge in [0, 0.05) is 6.54 Å². The van der Waals surface area contributed by atoms with E-state index in [1.165, 1.54) is 41.5 Å². The minimum absolute atomic E-state index is 0. The lowest BCUT2D eigenvalue weighted by Crippen LogP contribution is -2.40. The zero-order valence-electron chi connectivity index (χ0n) is 10.9. The standard InChI is InChI=1S/C17H17N.ClH/c1-3-9-15-13(6-1)8-5-11-17(15)16-10-4-2-7-14(16)12-18-17;/h1-4,6-7,9-10,18H,5,8,11-12H2;1H. The molecule has 0 radical (unpaired) electrons. The molecular weight excluding hydrogens is 254 g/mol. The highest BCUT2D eigenvalue weighted by molar-refractivity contribution is 5.85. The van der Waals surface area contributed by atoms with Gasteiger partial charge < -0.3 is 0 Å². The molecule has 1 heterocycles. The maximum atomic E-state index is 3.79. The van der Waals surface area contributed by atoms with Crippen LogP contribution in [0.25, 0.3) is 0 Å². The van der Waals surface area contributed by atoms with Crippen molar-refractivity contribution in [3.8, 4) is 0 Å².